The highest BCUT2D eigenvalue weighted by atomic mass is 19.4. The van der Waals surface area contributed by atoms with E-state index in [1.807, 2.05) is 12.4 Å². The number of alkyl halides is 11. The monoisotopic (exact) mass is 669 g/mol. The van der Waals surface area contributed by atoms with Gasteiger partial charge in [-0.25, -0.2) is 13.5 Å². The Morgan fingerprint density at radius 1 is 0.756 bits per heavy atom. The summed E-state index contributed by atoms with van der Waals surface area (Å²) in [6, 6.07) is 4.40. The van der Waals surface area contributed by atoms with Gasteiger partial charge in [-0.3, -0.25) is 0 Å². The summed E-state index contributed by atoms with van der Waals surface area (Å²) in [7, 11) is 1.54. The van der Waals surface area contributed by atoms with Gasteiger partial charge in [-0.2, -0.15) is 48.3 Å². The molecule has 1 aromatic heterocycles. The lowest BCUT2D eigenvalue weighted by Gasteiger charge is -2.37. The molecule has 1 heterocycles. The third kappa shape index (κ3) is 8.41. The highest BCUT2D eigenvalue weighted by Gasteiger charge is 2.86. The van der Waals surface area contributed by atoms with Crippen molar-refractivity contribution in [2.45, 2.75) is 126 Å². The van der Waals surface area contributed by atoms with Crippen molar-refractivity contribution in [1.82, 2.24) is 4.57 Å². The molecule has 0 atom stereocenters. The molecule has 0 N–H and O–H groups in total. The smallest absolute Gasteiger partial charge is 0.460 e. The molecule has 45 heavy (non-hydrogen) atoms. The maximum atomic E-state index is 13.8. The fourth-order valence-electron chi connectivity index (χ4n) is 5.29. The number of nitrogens with zero attached hydrogens (tertiary/aromatic N) is 2. The molecule has 1 aliphatic rings. The van der Waals surface area contributed by atoms with Crippen LogP contribution in [0, 0.1) is 5.82 Å². The van der Waals surface area contributed by atoms with Crippen molar-refractivity contribution in [2.24, 2.45) is 0 Å². The summed E-state index contributed by atoms with van der Waals surface area (Å²) in [5.74, 6) is -25.5. The van der Waals surface area contributed by atoms with Gasteiger partial charge in [0.05, 0.1) is 19.6 Å². The molecule has 3 nitrogen and oxygen atoms in total. The Hall–Kier alpha value is -2.61. The zero-order valence-electron chi connectivity index (χ0n) is 24.7. The van der Waals surface area contributed by atoms with Crippen molar-refractivity contribution in [3.63, 3.8) is 0 Å². The first-order valence-corrected chi connectivity index (χ1v) is 14.9. The number of hydrogen-bond donors (Lipinski definition) is 0. The van der Waals surface area contributed by atoms with Crippen LogP contribution in [0.25, 0.3) is 0 Å². The largest absolute Gasteiger partial charge is 0.496 e. The predicted molar refractivity (Wildman–Crippen MR) is 141 cm³/mol. The third-order valence-corrected chi connectivity index (χ3v) is 8.03. The normalized spacial score (nSPS) is 15.1. The molecule has 0 bridgehead atoms. The van der Waals surface area contributed by atoms with Crippen LogP contribution < -0.4 is 9.30 Å². The zero-order chi connectivity index (χ0) is 33.7. The van der Waals surface area contributed by atoms with Gasteiger partial charge in [0.25, 0.3) is 5.82 Å². The summed E-state index contributed by atoms with van der Waals surface area (Å²) in [6.07, 6.45) is 1.12. The molecule has 0 aliphatic heterocycles. The average Bonchev–Trinajstić information content (AvgIpc) is 3.71. The second kappa shape index (κ2) is 14.4. The van der Waals surface area contributed by atoms with E-state index in [0.29, 0.717) is 31.1 Å². The molecular weight excluding hydrogens is 632 g/mol. The Kier molecular flexibility index (Phi) is 11.8. The van der Waals surface area contributed by atoms with Crippen molar-refractivity contribution in [2.75, 3.05) is 7.11 Å². The van der Waals surface area contributed by atoms with Crippen LogP contribution in [0.3, 0.4) is 0 Å². The number of methoxy groups -OCH3 is 1. The third-order valence-electron chi connectivity index (χ3n) is 8.03. The Bertz CT molecular complexity index is 1240. The Morgan fingerprint density at radius 2 is 1.31 bits per heavy atom. The van der Waals surface area contributed by atoms with Crippen LogP contribution in [0.4, 0.5) is 52.7 Å². The number of aromatic nitrogens is 2. The van der Waals surface area contributed by atoms with Crippen LogP contribution in [0.2, 0.25) is 0 Å². The summed E-state index contributed by atoms with van der Waals surface area (Å²) < 4.78 is 167. The molecule has 256 valence electrons. The molecule has 0 saturated heterocycles. The minimum Gasteiger partial charge on any atom is -0.496 e. The molecule has 0 unspecified atom stereocenters. The van der Waals surface area contributed by atoms with Gasteiger partial charge >= 0.3 is 29.9 Å². The van der Waals surface area contributed by atoms with Crippen molar-refractivity contribution in [3.05, 3.63) is 47.8 Å². The van der Waals surface area contributed by atoms with Gasteiger partial charge < -0.3 is 4.74 Å². The van der Waals surface area contributed by atoms with E-state index < -0.39 is 42.7 Å². The highest BCUT2D eigenvalue weighted by Crippen LogP contribution is 2.58. The molecule has 1 fully saturated rings. The first-order chi connectivity index (χ1) is 20.9. The minimum atomic E-state index is -7.34. The summed E-state index contributed by atoms with van der Waals surface area (Å²) >= 11 is 0. The van der Waals surface area contributed by atoms with Crippen molar-refractivity contribution in [1.29, 1.82) is 0 Å². The summed E-state index contributed by atoms with van der Waals surface area (Å²) in [5.41, 5.74) is 0.737. The lowest BCUT2D eigenvalue weighted by Crippen LogP contribution is -2.66. The summed E-state index contributed by atoms with van der Waals surface area (Å²) in [5, 5.41) is 0. The zero-order valence-corrected chi connectivity index (χ0v) is 24.7. The number of rotatable bonds is 19. The lowest BCUT2D eigenvalue weighted by atomic mass is 9.94. The average molecular weight is 670 g/mol. The van der Waals surface area contributed by atoms with E-state index in [-0.39, 0.29) is 18.7 Å². The second-order valence-electron chi connectivity index (χ2n) is 11.6. The molecule has 1 saturated carbocycles. The molecule has 1 aromatic carbocycles. The van der Waals surface area contributed by atoms with Crippen LogP contribution in [-0.2, 0) is 13.1 Å². The number of ether oxygens (including phenoxy) is 1. The number of halogens is 12. The van der Waals surface area contributed by atoms with Crippen LogP contribution in [0.15, 0.2) is 30.6 Å². The van der Waals surface area contributed by atoms with E-state index in [1.54, 1.807) is 6.07 Å². The summed E-state index contributed by atoms with van der Waals surface area (Å²) in [4.78, 5) is 0. The van der Waals surface area contributed by atoms with Crippen LogP contribution in [0.5, 0.6) is 5.75 Å². The van der Waals surface area contributed by atoms with E-state index in [0.717, 1.165) is 50.6 Å². The SMILES string of the molecule is COc1ccc(F)cc1C[n+]1ccn(CCCCCCCCCCCC(F)(F)C(F)(F)C(F)(F)C(F)(F)C(F)(F)F)c1C1CC1. The predicted octanol–water partition coefficient (Wildman–Crippen LogP) is 9.85. The van der Waals surface area contributed by atoms with Gasteiger partial charge in [-0.15, -0.1) is 0 Å². The van der Waals surface area contributed by atoms with Gasteiger partial charge in [0.2, 0.25) is 0 Å². The first kappa shape index (κ1) is 36.9. The molecule has 0 radical (unpaired) electrons. The number of hydrogen-bond acceptors (Lipinski definition) is 1. The molecular formula is C30H37F12N2O+. The first-order valence-electron chi connectivity index (χ1n) is 14.9. The van der Waals surface area contributed by atoms with Crippen LogP contribution in [0.1, 0.15) is 94.4 Å². The van der Waals surface area contributed by atoms with Crippen molar-refractivity contribution >= 4 is 0 Å². The number of benzene rings is 1. The standard InChI is InChI=1S/C30H37F12N2O/c1-45-24-14-13-23(31)19-22(24)20-44-18-17-43(25(44)21-11-12-21)16-10-8-6-4-2-3-5-7-9-15-26(32,33)27(34,35)28(36,37)29(38,39)30(40,41)42/h13-14,17-19,21H,2-12,15-16,20H2,1H3/q+1. The highest BCUT2D eigenvalue weighted by molar-refractivity contribution is 5.33. The van der Waals surface area contributed by atoms with Gasteiger partial charge in [0, 0.05) is 12.0 Å². The maximum Gasteiger partial charge on any atom is 0.460 e. The van der Waals surface area contributed by atoms with E-state index in [1.165, 1.54) is 25.1 Å². The molecule has 3 rings (SSSR count). The topological polar surface area (TPSA) is 18.0 Å². The lowest BCUT2D eigenvalue weighted by molar-refractivity contribution is -0.695. The van der Waals surface area contributed by atoms with Gasteiger partial charge in [-0.05, 0) is 50.3 Å². The van der Waals surface area contributed by atoms with E-state index in [2.05, 4.69) is 9.13 Å². The van der Waals surface area contributed by atoms with E-state index >= 15 is 0 Å². The Morgan fingerprint density at radius 3 is 1.84 bits per heavy atom. The van der Waals surface area contributed by atoms with E-state index in [4.69, 9.17) is 4.74 Å². The number of aryl methyl sites for hydroxylation is 1. The fraction of sp³-hybridized carbons (Fsp3) is 0.700. The van der Waals surface area contributed by atoms with Crippen molar-refractivity contribution < 1.29 is 62.0 Å². The van der Waals surface area contributed by atoms with E-state index in [9.17, 15) is 52.7 Å². The quantitative estimate of drug-likeness (QED) is 0.0828. The number of imidazole rings is 1. The Labute approximate surface area is 253 Å². The fourth-order valence-corrected chi connectivity index (χ4v) is 5.29. The van der Waals surface area contributed by atoms with Crippen molar-refractivity contribution in [3.8, 4) is 5.75 Å². The maximum absolute atomic E-state index is 13.8. The molecule has 1 aliphatic carbocycles. The van der Waals surface area contributed by atoms with Crippen LogP contribution in [-0.4, -0.2) is 41.5 Å². The van der Waals surface area contributed by atoms with Gasteiger partial charge in [-0.1, -0.05) is 38.5 Å². The number of unbranched alkanes of at least 4 members (excludes halogenated alkanes) is 8. The minimum absolute atomic E-state index is 0.105. The second-order valence-corrected chi connectivity index (χ2v) is 11.6. The molecule has 15 heteroatoms. The molecule has 0 amide bonds. The van der Waals surface area contributed by atoms with Gasteiger partial charge in [0.15, 0.2) is 0 Å². The van der Waals surface area contributed by atoms with Gasteiger partial charge in [0.1, 0.15) is 30.5 Å². The summed E-state index contributed by atoms with van der Waals surface area (Å²) in [6.45, 7) is 1.26. The molecule has 2 aromatic rings. The van der Waals surface area contributed by atoms with Crippen LogP contribution >= 0.6 is 0 Å². The Balaban J connectivity index is 1.35. The molecule has 0 spiro atoms.